The summed E-state index contributed by atoms with van der Waals surface area (Å²) in [5.41, 5.74) is 6.36. The summed E-state index contributed by atoms with van der Waals surface area (Å²) in [4.78, 5) is 14.6. The van der Waals surface area contributed by atoms with Gasteiger partial charge in [0.2, 0.25) is 0 Å². The van der Waals surface area contributed by atoms with Crippen LogP contribution in [0.15, 0.2) is 18.2 Å². The van der Waals surface area contributed by atoms with Gasteiger partial charge in [0, 0.05) is 13.1 Å². The molecule has 1 amide bonds. The van der Waals surface area contributed by atoms with Gasteiger partial charge in [0.1, 0.15) is 0 Å². The summed E-state index contributed by atoms with van der Waals surface area (Å²) in [6, 6.07) is 5.37. The zero-order valence-corrected chi connectivity index (χ0v) is 13.0. The molecule has 1 aliphatic heterocycles. The zero-order valence-electron chi connectivity index (χ0n) is 13.0. The number of piperidine rings is 1. The van der Waals surface area contributed by atoms with Crippen LogP contribution in [-0.4, -0.2) is 44.7 Å². The molecule has 21 heavy (non-hydrogen) atoms. The quantitative estimate of drug-likeness (QED) is 0.918. The molecular formula is C16H24N2O3. The van der Waals surface area contributed by atoms with Crippen molar-refractivity contribution < 1.29 is 14.3 Å². The van der Waals surface area contributed by atoms with Crippen molar-refractivity contribution in [2.24, 2.45) is 17.6 Å². The minimum Gasteiger partial charge on any atom is -0.493 e. The van der Waals surface area contributed by atoms with Crippen LogP contribution >= 0.6 is 0 Å². The van der Waals surface area contributed by atoms with Crippen molar-refractivity contribution >= 4 is 5.91 Å². The van der Waals surface area contributed by atoms with Gasteiger partial charge in [-0.2, -0.15) is 0 Å². The molecule has 0 bridgehead atoms. The molecule has 0 aliphatic carbocycles. The fraction of sp³-hybridized carbons (Fsp3) is 0.562. The second-order valence-corrected chi connectivity index (χ2v) is 5.55. The fourth-order valence-corrected chi connectivity index (χ4v) is 2.87. The third-order valence-corrected chi connectivity index (χ3v) is 4.34. The van der Waals surface area contributed by atoms with E-state index in [1.54, 1.807) is 26.4 Å². The number of nitrogens with zero attached hydrogens (tertiary/aromatic N) is 1. The predicted octanol–water partition coefficient (Wildman–Crippen LogP) is 1.76. The van der Waals surface area contributed by atoms with Crippen molar-refractivity contribution in [3.05, 3.63) is 23.8 Å². The van der Waals surface area contributed by atoms with Crippen molar-refractivity contribution in [1.29, 1.82) is 0 Å². The summed E-state index contributed by atoms with van der Waals surface area (Å²) in [5.74, 6) is 1.97. The number of benzene rings is 1. The van der Waals surface area contributed by atoms with E-state index in [0.717, 1.165) is 13.0 Å². The Bertz CT molecular complexity index is 504. The first kappa shape index (κ1) is 15.6. The molecule has 2 rings (SSSR count). The van der Waals surface area contributed by atoms with E-state index in [9.17, 15) is 4.79 Å². The standard InChI is InChI=1S/C16H24N2O3/c1-11-7-8-18(10-12(11)9-17)16(19)13-5-4-6-14(20-2)15(13)21-3/h4-6,11-12H,7-10,17H2,1-3H3. The molecule has 1 aliphatic rings. The Morgan fingerprint density at radius 3 is 2.76 bits per heavy atom. The molecule has 0 radical (unpaired) electrons. The summed E-state index contributed by atoms with van der Waals surface area (Å²) in [6.45, 7) is 4.28. The number of rotatable bonds is 4. The average molecular weight is 292 g/mol. The van der Waals surface area contributed by atoms with Crippen molar-refractivity contribution in [2.75, 3.05) is 33.9 Å². The molecule has 2 atom stereocenters. The third kappa shape index (κ3) is 3.13. The Hall–Kier alpha value is -1.75. The molecule has 2 unspecified atom stereocenters. The lowest BCUT2D eigenvalue weighted by Gasteiger charge is -2.36. The summed E-state index contributed by atoms with van der Waals surface area (Å²) >= 11 is 0. The van der Waals surface area contributed by atoms with Crippen molar-refractivity contribution in [3.63, 3.8) is 0 Å². The smallest absolute Gasteiger partial charge is 0.257 e. The van der Waals surface area contributed by atoms with Gasteiger partial charge in [-0.05, 0) is 36.9 Å². The number of likely N-dealkylation sites (tertiary alicyclic amines) is 1. The van der Waals surface area contributed by atoms with E-state index in [-0.39, 0.29) is 5.91 Å². The SMILES string of the molecule is COc1cccc(C(=O)N2CCC(C)C(CN)C2)c1OC. The zero-order chi connectivity index (χ0) is 15.4. The van der Waals surface area contributed by atoms with Gasteiger partial charge in [0.15, 0.2) is 11.5 Å². The van der Waals surface area contributed by atoms with Gasteiger partial charge in [0.05, 0.1) is 19.8 Å². The highest BCUT2D eigenvalue weighted by Gasteiger charge is 2.30. The van der Waals surface area contributed by atoms with E-state index >= 15 is 0 Å². The second kappa shape index (κ2) is 6.80. The first-order valence-corrected chi connectivity index (χ1v) is 7.32. The Labute approximate surface area is 126 Å². The number of carbonyl (C=O) groups excluding carboxylic acids is 1. The Balaban J connectivity index is 2.24. The van der Waals surface area contributed by atoms with E-state index in [0.29, 0.717) is 42.0 Å². The molecule has 0 saturated carbocycles. The second-order valence-electron chi connectivity index (χ2n) is 5.55. The van der Waals surface area contributed by atoms with Gasteiger partial charge in [-0.1, -0.05) is 13.0 Å². The number of carbonyl (C=O) groups is 1. The molecular weight excluding hydrogens is 268 g/mol. The summed E-state index contributed by atoms with van der Waals surface area (Å²) in [7, 11) is 3.12. The van der Waals surface area contributed by atoms with Crippen molar-refractivity contribution in [1.82, 2.24) is 4.90 Å². The number of amides is 1. The van der Waals surface area contributed by atoms with Crippen molar-refractivity contribution in [2.45, 2.75) is 13.3 Å². The number of ether oxygens (including phenoxy) is 2. The molecule has 1 saturated heterocycles. The monoisotopic (exact) mass is 292 g/mol. The molecule has 1 fully saturated rings. The topological polar surface area (TPSA) is 64.8 Å². The predicted molar refractivity (Wildman–Crippen MR) is 81.8 cm³/mol. The van der Waals surface area contributed by atoms with Gasteiger partial charge >= 0.3 is 0 Å². The summed E-state index contributed by atoms with van der Waals surface area (Å²) < 4.78 is 10.6. The van der Waals surface area contributed by atoms with Crippen LogP contribution in [0.5, 0.6) is 11.5 Å². The van der Waals surface area contributed by atoms with Crippen LogP contribution in [0.2, 0.25) is 0 Å². The maximum absolute atomic E-state index is 12.8. The minimum absolute atomic E-state index is 0.0175. The number of methoxy groups -OCH3 is 2. The summed E-state index contributed by atoms with van der Waals surface area (Å²) in [5, 5.41) is 0. The molecule has 1 heterocycles. The molecule has 5 heteroatoms. The molecule has 116 valence electrons. The Kier molecular flexibility index (Phi) is 5.07. The normalized spacial score (nSPS) is 22.0. The lowest BCUT2D eigenvalue weighted by atomic mass is 9.87. The van der Waals surface area contributed by atoms with Gasteiger partial charge < -0.3 is 20.1 Å². The molecule has 1 aromatic rings. The molecule has 0 spiro atoms. The number of hydrogen-bond donors (Lipinski definition) is 1. The van der Waals surface area contributed by atoms with Crippen LogP contribution in [0.1, 0.15) is 23.7 Å². The Morgan fingerprint density at radius 2 is 2.14 bits per heavy atom. The molecule has 2 N–H and O–H groups in total. The van der Waals surface area contributed by atoms with Crippen LogP contribution in [0.4, 0.5) is 0 Å². The van der Waals surface area contributed by atoms with Crippen LogP contribution in [0.25, 0.3) is 0 Å². The maximum Gasteiger partial charge on any atom is 0.257 e. The average Bonchev–Trinajstić information content (AvgIpc) is 2.53. The van der Waals surface area contributed by atoms with Crippen molar-refractivity contribution in [3.8, 4) is 11.5 Å². The fourth-order valence-electron chi connectivity index (χ4n) is 2.87. The lowest BCUT2D eigenvalue weighted by Crippen LogP contribution is -2.45. The number of hydrogen-bond acceptors (Lipinski definition) is 4. The van der Waals surface area contributed by atoms with E-state index in [1.165, 1.54) is 0 Å². The largest absolute Gasteiger partial charge is 0.493 e. The third-order valence-electron chi connectivity index (χ3n) is 4.34. The molecule has 5 nitrogen and oxygen atoms in total. The minimum atomic E-state index is -0.0175. The highest BCUT2D eigenvalue weighted by atomic mass is 16.5. The van der Waals surface area contributed by atoms with E-state index < -0.39 is 0 Å². The first-order chi connectivity index (χ1) is 10.1. The number of nitrogens with two attached hydrogens (primary N) is 1. The van der Waals surface area contributed by atoms with Gasteiger partial charge in [-0.3, -0.25) is 4.79 Å². The Morgan fingerprint density at radius 1 is 1.38 bits per heavy atom. The van der Waals surface area contributed by atoms with E-state index in [1.807, 2.05) is 11.0 Å². The van der Waals surface area contributed by atoms with E-state index in [2.05, 4.69) is 6.92 Å². The van der Waals surface area contributed by atoms with Crippen LogP contribution in [0.3, 0.4) is 0 Å². The van der Waals surface area contributed by atoms with Gasteiger partial charge in [-0.15, -0.1) is 0 Å². The van der Waals surface area contributed by atoms with Gasteiger partial charge in [-0.25, -0.2) is 0 Å². The maximum atomic E-state index is 12.8. The lowest BCUT2D eigenvalue weighted by molar-refractivity contribution is 0.0614. The first-order valence-electron chi connectivity index (χ1n) is 7.32. The van der Waals surface area contributed by atoms with Gasteiger partial charge in [0.25, 0.3) is 5.91 Å². The molecule has 1 aromatic carbocycles. The highest BCUT2D eigenvalue weighted by molar-refractivity contribution is 5.97. The van der Waals surface area contributed by atoms with Crippen LogP contribution in [0, 0.1) is 11.8 Å². The van der Waals surface area contributed by atoms with Crippen LogP contribution in [-0.2, 0) is 0 Å². The van der Waals surface area contributed by atoms with Crippen LogP contribution < -0.4 is 15.2 Å². The molecule has 0 aromatic heterocycles. The number of para-hydroxylation sites is 1. The highest BCUT2D eigenvalue weighted by Crippen LogP contribution is 2.32. The van der Waals surface area contributed by atoms with E-state index in [4.69, 9.17) is 15.2 Å². The summed E-state index contributed by atoms with van der Waals surface area (Å²) in [6.07, 6.45) is 0.986.